The Morgan fingerprint density at radius 3 is 2.54 bits per heavy atom. The standard InChI is InChI=1S/C29H52FN7O2/c1-36-18-22(19-36)39-21-7-13-37(14-8-21)25-6-12-33-17-24(25)35-28(38)26(27(31)32)23-15-29(9-3-2-4-10-29)11-5-20(30)16-34-23/h16,20-27,33H,2-15,17-19,31-32H2,1H3,(H,35,38). The van der Waals surface area contributed by atoms with Crippen LogP contribution in [0.3, 0.4) is 0 Å². The maximum Gasteiger partial charge on any atom is 0.228 e. The van der Waals surface area contributed by atoms with E-state index < -0.39 is 24.3 Å². The molecule has 5 unspecified atom stereocenters. The van der Waals surface area contributed by atoms with Gasteiger partial charge in [0.1, 0.15) is 6.17 Å². The molecule has 1 spiro atoms. The summed E-state index contributed by atoms with van der Waals surface area (Å²) >= 11 is 0. The lowest BCUT2D eigenvalue weighted by atomic mass is 9.65. The maximum atomic E-state index is 14.6. The van der Waals surface area contributed by atoms with E-state index in [-0.39, 0.29) is 23.4 Å². The third-order valence-electron chi connectivity index (χ3n) is 10.2. The fourth-order valence-corrected chi connectivity index (χ4v) is 7.95. The van der Waals surface area contributed by atoms with E-state index in [1.165, 1.54) is 12.6 Å². The van der Waals surface area contributed by atoms with Crippen molar-refractivity contribution in [3.63, 3.8) is 0 Å². The number of rotatable bonds is 7. The van der Waals surface area contributed by atoms with Gasteiger partial charge in [-0.2, -0.15) is 0 Å². The number of likely N-dealkylation sites (tertiary alicyclic amines) is 2. The van der Waals surface area contributed by atoms with Crippen molar-refractivity contribution >= 4 is 12.1 Å². The van der Waals surface area contributed by atoms with Crippen LogP contribution in [0.5, 0.6) is 0 Å². The first-order valence-electron chi connectivity index (χ1n) is 15.6. The molecule has 1 aliphatic carbocycles. The van der Waals surface area contributed by atoms with Gasteiger partial charge in [0.15, 0.2) is 0 Å². The van der Waals surface area contributed by atoms with Crippen LogP contribution in [0, 0.1) is 11.3 Å². The Bertz CT molecular complexity index is 824. The summed E-state index contributed by atoms with van der Waals surface area (Å²) in [6.45, 7) is 5.69. The predicted octanol–water partition coefficient (Wildman–Crippen LogP) is 1.40. The smallest absolute Gasteiger partial charge is 0.228 e. The maximum absolute atomic E-state index is 14.6. The molecule has 0 aromatic heterocycles. The zero-order chi connectivity index (χ0) is 27.4. The van der Waals surface area contributed by atoms with Crippen molar-refractivity contribution in [2.75, 3.05) is 46.3 Å². The molecule has 5 aliphatic rings. The summed E-state index contributed by atoms with van der Waals surface area (Å²) in [7, 11) is 2.13. The van der Waals surface area contributed by atoms with Crippen molar-refractivity contribution < 1.29 is 13.9 Å². The minimum Gasteiger partial charge on any atom is -0.372 e. The van der Waals surface area contributed by atoms with Gasteiger partial charge in [-0.1, -0.05) is 19.3 Å². The van der Waals surface area contributed by atoms with Gasteiger partial charge in [-0.05, 0) is 70.4 Å². The number of alkyl halides is 1. The average Bonchev–Trinajstić information content (AvgIpc) is 2.90. The first-order valence-corrected chi connectivity index (χ1v) is 15.6. The van der Waals surface area contributed by atoms with Gasteiger partial charge < -0.3 is 31.7 Å². The van der Waals surface area contributed by atoms with Crippen LogP contribution in [0.2, 0.25) is 0 Å². The molecular formula is C29H52FN7O2. The SMILES string of the molecule is CN1CC(OC2CCN(C3CCNCC3NC(=O)C(C(N)N)C3CC4(CCCCC4)CCC(F)C=N3)CC2)C1. The molecule has 1 saturated carbocycles. The van der Waals surface area contributed by atoms with Crippen LogP contribution in [-0.2, 0) is 9.53 Å². The summed E-state index contributed by atoms with van der Waals surface area (Å²) in [5, 5.41) is 6.81. The third-order valence-corrected chi connectivity index (χ3v) is 10.2. The Balaban J connectivity index is 1.22. The molecule has 0 radical (unpaired) electrons. The number of nitrogens with zero attached hydrogens (tertiary/aromatic N) is 3. The van der Waals surface area contributed by atoms with Crippen LogP contribution in [-0.4, -0.2) is 111 Å². The fourth-order valence-electron chi connectivity index (χ4n) is 7.95. The first-order chi connectivity index (χ1) is 18.8. The summed E-state index contributed by atoms with van der Waals surface area (Å²) in [5.74, 6) is -0.812. The van der Waals surface area contributed by atoms with Gasteiger partial charge in [0, 0.05) is 45.0 Å². The molecule has 5 atom stereocenters. The topological polar surface area (TPSA) is 121 Å². The second-order valence-corrected chi connectivity index (χ2v) is 13.2. The predicted molar refractivity (Wildman–Crippen MR) is 152 cm³/mol. The summed E-state index contributed by atoms with van der Waals surface area (Å²) in [6.07, 6.45) is 11.1. The molecule has 6 N–H and O–H groups in total. The number of hydrogen-bond acceptors (Lipinski definition) is 8. The van der Waals surface area contributed by atoms with Crippen LogP contribution in [0.1, 0.15) is 70.6 Å². The van der Waals surface area contributed by atoms with Gasteiger partial charge in [-0.15, -0.1) is 0 Å². The highest BCUT2D eigenvalue weighted by atomic mass is 19.1. The zero-order valence-corrected chi connectivity index (χ0v) is 23.9. The molecule has 222 valence electrons. The van der Waals surface area contributed by atoms with Crippen LogP contribution >= 0.6 is 0 Å². The lowest BCUT2D eigenvalue weighted by Gasteiger charge is -2.46. The van der Waals surface area contributed by atoms with E-state index in [4.69, 9.17) is 16.2 Å². The number of piperidine rings is 2. The minimum absolute atomic E-state index is 0.0275. The van der Waals surface area contributed by atoms with Crippen LogP contribution in [0.4, 0.5) is 4.39 Å². The van der Waals surface area contributed by atoms with E-state index in [2.05, 4.69) is 32.5 Å². The highest BCUT2D eigenvalue weighted by molar-refractivity contribution is 5.81. The Morgan fingerprint density at radius 2 is 1.85 bits per heavy atom. The third kappa shape index (κ3) is 7.38. The molecule has 0 aromatic rings. The Morgan fingerprint density at radius 1 is 1.10 bits per heavy atom. The molecule has 4 heterocycles. The molecule has 4 aliphatic heterocycles. The van der Waals surface area contributed by atoms with E-state index in [0.717, 1.165) is 97.1 Å². The molecule has 1 amide bonds. The quantitative estimate of drug-likeness (QED) is 0.354. The zero-order valence-electron chi connectivity index (χ0n) is 23.9. The second kappa shape index (κ2) is 13.2. The molecule has 0 bridgehead atoms. The summed E-state index contributed by atoms with van der Waals surface area (Å²) in [6, 6.07) is -0.156. The fraction of sp³-hybridized carbons (Fsp3) is 0.931. The number of amides is 1. The molecule has 3 saturated heterocycles. The highest BCUT2D eigenvalue weighted by Crippen LogP contribution is 2.46. The van der Waals surface area contributed by atoms with Crippen LogP contribution in [0.25, 0.3) is 0 Å². The Kier molecular flexibility index (Phi) is 9.93. The van der Waals surface area contributed by atoms with E-state index >= 15 is 0 Å². The lowest BCUT2D eigenvalue weighted by Crippen LogP contribution is -2.63. The summed E-state index contributed by atoms with van der Waals surface area (Å²) in [5.41, 5.74) is 12.6. The first kappa shape index (κ1) is 29.3. The van der Waals surface area contributed by atoms with Crippen LogP contribution < -0.4 is 22.1 Å². The number of nitrogens with two attached hydrogens (primary N) is 2. The lowest BCUT2D eigenvalue weighted by molar-refractivity contribution is -0.128. The number of ether oxygens (including phenoxy) is 1. The number of carbonyl (C=O) groups is 1. The van der Waals surface area contributed by atoms with Crippen molar-refractivity contribution in [3.8, 4) is 0 Å². The van der Waals surface area contributed by atoms with Gasteiger partial charge >= 0.3 is 0 Å². The van der Waals surface area contributed by atoms with Crippen molar-refractivity contribution in [2.24, 2.45) is 27.8 Å². The van der Waals surface area contributed by atoms with E-state index in [9.17, 15) is 9.18 Å². The van der Waals surface area contributed by atoms with Gasteiger partial charge in [-0.3, -0.25) is 14.7 Å². The van der Waals surface area contributed by atoms with Crippen molar-refractivity contribution in [2.45, 2.75) is 113 Å². The number of carbonyl (C=O) groups excluding carboxylic acids is 1. The summed E-state index contributed by atoms with van der Waals surface area (Å²) < 4.78 is 20.9. The second-order valence-electron chi connectivity index (χ2n) is 13.2. The van der Waals surface area contributed by atoms with E-state index in [1.807, 2.05) is 0 Å². The number of hydrogen-bond donors (Lipinski definition) is 4. The average molecular weight is 550 g/mol. The summed E-state index contributed by atoms with van der Waals surface area (Å²) in [4.78, 5) is 23.3. The molecule has 5 rings (SSSR count). The van der Waals surface area contributed by atoms with E-state index in [1.54, 1.807) is 0 Å². The number of nitrogens with one attached hydrogen (secondary N) is 2. The molecule has 9 nitrogen and oxygen atoms in total. The molecule has 4 fully saturated rings. The molecule has 0 aromatic carbocycles. The monoisotopic (exact) mass is 549 g/mol. The van der Waals surface area contributed by atoms with Crippen LogP contribution in [0.15, 0.2) is 4.99 Å². The Labute approximate surface area is 234 Å². The highest BCUT2D eigenvalue weighted by Gasteiger charge is 2.43. The van der Waals surface area contributed by atoms with Crippen molar-refractivity contribution in [3.05, 3.63) is 0 Å². The normalized spacial score (nSPS) is 34.4. The van der Waals surface area contributed by atoms with Gasteiger partial charge in [-0.25, -0.2) is 4.39 Å². The van der Waals surface area contributed by atoms with Gasteiger partial charge in [0.2, 0.25) is 5.91 Å². The minimum atomic E-state index is -1.08. The van der Waals surface area contributed by atoms with Crippen molar-refractivity contribution in [1.82, 2.24) is 20.4 Å². The largest absolute Gasteiger partial charge is 0.372 e. The number of aliphatic imine (C=N–C) groups is 1. The number of halogens is 1. The molecule has 10 heteroatoms. The Hall–Kier alpha value is -1.17. The number of likely N-dealkylation sites (N-methyl/N-ethyl adjacent to an activating group) is 1. The van der Waals surface area contributed by atoms with E-state index in [0.29, 0.717) is 18.6 Å². The molecular weight excluding hydrogens is 497 g/mol. The van der Waals surface area contributed by atoms with Crippen molar-refractivity contribution in [1.29, 1.82) is 0 Å². The molecule has 39 heavy (non-hydrogen) atoms. The van der Waals surface area contributed by atoms with Gasteiger partial charge in [0.25, 0.3) is 0 Å². The van der Waals surface area contributed by atoms with Gasteiger partial charge in [0.05, 0.1) is 36.4 Å².